The van der Waals surface area contributed by atoms with Gasteiger partial charge in [0, 0.05) is 39.3 Å². The van der Waals surface area contributed by atoms with Crippen molar-refractivity contribution >= 4 is 27.3 Å². The molecule has 2 heterocycles. The van der Waals surface area contributed by atoms with Gasteiger partial charge in [0.15, 0.2) is 0 Å². The van der Waals surface area contributed by atoms with Crippen molar-refractivity contribution in [1.29, 1.82) is 0 Å². The maximum atomic E-state index is 13.0. The molecule has 8 nitrogen and oxygen atoms in total. The standard InChI is InChI=1S/C21H30N4O4S/c1-4-23-10-12-24(13-11-23)20-8-7-18(30(27,28)25(5-2)6-3)15-19(20)22-21(26)17-9-14-29-16-17/h7-9,14-16H,4-6,10-13H2,1-3H3,(H,22,26). The van der Waals surface area contributed by atoms with Crippen LogP contribution in [0.2, 0.25) is 0 Å². The van der Waals surface area contributed by atoms with Crippen molar-refractivity contribution in [1.82, 2.24) is 9.21 Å². The molecule has 0 atom stereocenters. The Bertz CT molecular complexity index is 947. The van der Waals surface area contributed by atoms with Crippen LogP contribution >= 0.6 is 0 Å². The number of carbonyl (C=O) groups is 1. The molecule has 0 radical (unpaired) electrons. The number of furan rings is 1. The van der Waals surface area contributed by atoms with E-state index in [2.05, 4.69) is 22.0 Å². The van der Waals surface area contributed by atoms with Gasteiger partial charge in [0.2, 0.25) is 10.0 Å². The summed E-state index contributed by atoms with van der Waals surface area (Å²) in [5.74, 6) is -0.338. The fraction of sp³-hybridized carbons (Fsp3) is 0.476. The molecule has 1 aliphatic heterocycles. The number of piperazine rings is 1. The number of nitrogens with one attached hydrogen (secondary N) is 1. The summed E-state index contributed by atoms with van der Waals surface area (Å²) < 4.78 is 32.4. The van der Waals surface area contributed by atoms with Crippen LogP contribution in [-0.2, 0) is 10.0 Å². The Labute approximate surface area is 178 Å². The summed E-state index contributed by atoms with van der Waals surface area (Å²) >= 11 is 0. The molecule has 3 rings (SSSR count). The fourth-order valence-corrected chi connectivity index (χ4v) is 5.14. The van der Waals surface area contributed by atoms with Gasteiger partial charge in [0.05, 0.1) is 28.1 Å². The minimum atomic E-state index is -3.64. The molecule has 1 aromatic carbocycles. The van der Waals surface area contributed by atoms with Gasteiger partial charge in [0.25, 0.3) is 5.91 Å². The second kappa shape index (κ2) is 9.63. The van der Waals surface area contributed by atoms with E-state index in [0.717, 1.165) is 38.4 Å². The van der Waals surface area contributed by atoms with Gasteiger partial charge in [-0.3, -0.25) is 4.79 Å². The molecule has 1 N–H and O–H groups in total. The van der Waals surface area contributed by atoms with Crippen molar-refractivity contribution in [2.24, 2.45) is 0 Å². The molecule has 1 amide bonds. The van der Waals surface area contributed by atoms with E-state index in [1.165, 1.54) is 16.8 Å². The normalized spacial score (nSPS) is 15.5. The van der Waals surface area contributed by atoms with Crippen molar-refractivity contribution in [2.75, 3.05) is 56.0 Å². The molecule has 1 aromatic heterocycles. The largest absolute Gasteiger partial charge is 0.472 e. The molecule has 0 spiro atoms. The summed E-state index contributed by atoms with van der Waals surface area (Å²) in [6.07, 6.45) is 2.80. The second-order valence-electron chi connectivity index (χ2n) is 7.16. The Hall–Kier alpha value is -2.36. The van der Waals surface area contributed by atoms with Gasteiger partial charge in [-0.1, -0.05) is 20.8 Å². The van der Waals surface area contributed by atoms with Crippen LogP contribution in [0.25, 0.3) is 0 Å². The maximum absolute atomic E-state index is 13.0. The van der Waals surface area contributed by atoms with Crippen LogP contribution in [-0.4, -0.2) is 69.3 Å². The Kier molecular flexibility index (Phi) is 7.17. The van der Waals surface area contributed by atoms with Gasteiger partial charge in [-0.25, -0.2) is 8.42 Å². The number of carbonyl (C=O) groups excluding carboxylic acids is 1. The number of benzene rings is 1. The van der Waals surface area contributed by atoms with Gasteiger partial charge in [0.1, 0.15) is 6.26 Å². The van der Waals surface area contributed by atoms with E-state index in [-0.39, 0.29) is 10.8 Å². The van der Waals surface area contributed by atoms with Crippen molar-refractivity contribution in [2.45, 2.75) is 25.7 Å². The van der Waals surface area contributed by atoms with Gasteiger partial charge >= 0.3 is 0 Å². The van der Waals surface area contributed by atoms with Crippen molar-refractivity contribution in [3.8, 4) is 0 Å². The zero-order valence-electron chi connectivity index (χ0n) is 17.8. The molecular weight excluding hydrogens is 404 g/mol. The highest BCUT2D eigenvalue weighted by Crippen LogP contribution is 2.31. The molecule has 9 heteroatoms. The first kappa shape index (κ1) is 22.3. The van der Waals surface area contributed by atoms with Gasteiger partial charge in [-0.15, -0.1) is 0 Å². The molecule has 1 fully saturated rings. The molecule has 1 aliphatic rings. The average molecular weight is 435 g/mol. The monoisotopic (exact) mass is 434 g/mol. The summed E-state index contributed by atoms with van der Waals surface area (Å²) in [4.78, 5) is 17.4. The van der Waals surface area contributed by atoms with E-state index in [0.29, 0.717) is 24.3 Å². The summed E-state index contributed by atoms with van der Waals surface area (Å²) in [5, 5.41) is 2.89. The van der Waals surface area contributed by atoms with Crippen LogP contribution in [0.4, 0.5) is 11.4 Å². The number of hydrogen-bond donors (Lipinski definition) is 1. The smallest absolute Gasteiger partial charge is 0.258 e. The topological polar surface area (TPSA) is 86.1 Å². The highest BCUT2D eigenvalue weighted by molar-refractivity contribution is 7.89. The summed E-state index contributed by atoms with van der Waals surface area (Å²) in [7, 11) is -3.64. The predicted molar refractivity (Wildman–Crippen MR) is 118 cm³/mol. The zero-order valence-corrected chi connectivity index (χ0v) is 18.6. The highest BCUT2D eigenvalue weighted by atomic mass is 32.2. The number of sulfonamides is 1. The molecule has 0 aliphatic carbocycles. The first-order valence-electron chi connectivity index (χ1n) is 10.4. The molecule has 164 valence electrons. The lowest BCUT2D eigenvalue weighted by atomic mass is 10.2. The van der Waals surface area contributed by atoms with E-state index in [1.54, 1.807) is 24.3 Å². The highest BCUT2D eigenvalue weighted by Gasteiger charge is 2.25. The third-order valence-electron chi connectivity index (χ3n) is 5.50. The van der Waals surface area contributed by atoms with Crippen molar-refractivity contribution in [3.05, 3.63) is 42.4 Å². The SMILES string of the molecule is CCN1CCN(c2ccc(S(=O)(=O)N(CC)CC)cc2NC(=O)c2ccoc2)CC1. The molecule has 0 bridgehead atoms. The van der Waals surface area contributed by atoms with Crippen LogP contribution in [0.15, 0.2) is 46.1 Å². The lowest BCUT2D eigenvalue weighted by Crippen LogP contribution is -2.46. The van der Waals surface area contributed by atoms with Crippen LogP contribution in [0.3, 0.4) is 0 Å². The lowest BCUT2D eigenvalue weighted by molar-refractivity contribution is 0.102. The third kappa shape index (κ3) is 4.69. The molecule has 1 saturated heterocycles. The van der Waals surface area contributed by atoms with Crippen LogP contribution in [0.5, 0.6) is 0 Å². The van der Waals surface area contributed by atoms with Crippen LogP contribution in [0.1, 0.15) is 31.1 Å². The second-order valence-corrected chi connectivity index (χ2v) is 9.09. The number of rotatable bonds is 8. The van der Waals surface area contributed by atoms with E-state index >= 15 is 0 Å². The molecule has 0 unspecified atom stereocenters. The van der Waals surface area contributed by atoms with E-state index < -0.39 is 10.0 Å². The summed E-state index contributed by atoms with van der Waals surface area (Å²) in [5.41, 5.74) is 1.69. The van der Waals surface area contributed by atoms with Gasteiger partial charge in [-0.05, 0) is 30.8 Å². The van der Waals surface area contributed by atoms with E-state index in [1.807, 2.05) is 13.8 Å². The number of nitrogens with zero attached hydrogens (tertiary/aromatic N) is 3. The number of amides is 1. The molecule has 0 saturated carbocycles. The molecule has 2 aromatic rings. The number of likely N-dealkylation sites (N-methyl/N-ethyl adjacent to an activating group) is 1. The van der Waals surface area contributed by atoms with E-state index in [9.17, 15) is 13.2 Å². The van der Waals surface area contributed by atoms with Crippen LogP contribution in [0, 0.1) is 0 Å². The Morgan fingerprint density at radius 3 is 2.37 bits per heavy atom. The molecule has 30 heavy (non-hydrogen) atoms. The number of anilines is 2. The Morgan fingerprint density at radius 1 is 1.10 bits per heavy atom. The zero-order chi connectivity index (χ0) is 21.7. The fourth-order valence-electron chi connectivity index (χ4n) is 3.66. The van der Waals surface area contributed by atoms with Crippen molar-refractivity contribution in [3.63, 3.8) is 0 Å². The van der Waals surface area contributed by atoms with E-state index in [4.69, 9.17) is 4.42 Å². The number of hydrogen-bond acceptors (Lipinski definition) is 6. The third-order valence-corrected chi connectivity index (χ3v) is 7.55. The quantitative estimate of drug-likeness (QED) is 0.688. The summed E-state index contributed by atoms with van der Waals surface area (Å²) in [6, 6.07) is 6.56. The van der Waals surface area contributed by atoms with Crippen LogP contribution < -0.4 is 10.2 Å². The minimum Gasteiger partial charge on any atom is -0.472 e. The Morgan fingerprint density at radius 2 is 1.80 bits per heavy atom. The predicted octanol–water partition coefficient (Wildman–Crippen LogP) is 2.70. The Balaban J connectivity index is 1.96. The van der Waals surface area contributed by atoms with Crippen molar-refractivity contribution < 1.29 is 17.6 Å². The van der Waals surface area contributed by atoms with Gasteiger partial charge < -0.3 is 19.5 Å². The average Bonchev–Trinajstić information content (AvgIpc) is 3.29. The summed E-state index contributed by atoms with van der Waals surface area (Å²) in [6.45, 7) is 11.0. The van der Waals surface area contributed by atoms with Gasteiger partial charge in [-0.2, -0.15) is 4.31 Å². The maximum Gasteiger partial charge on any atom is 0.258 e. The minimum absolute atomic E-state index is 0.171. The molecular formula is C21H30N4O4S. The first-order chi connectivity index (χ1) is 14.4. The lowest BCUT2D eigenvalue weighted by Gasteiger charge is -2.36. The first-order valence-corrected chi connectivity index (χ1v) is 11.8.